The van der Waals surface area contributed by atoms with Gasteiger partial charge in [0.05, 0.1) is 29.6 Å². The van der Waals surface area contributed by atoms with Crippen LogP contribution in [0.1, 0.15) is 17.6 Å². The Labute approximate surface area is 141 Å². The van der Waals surface area contributed by atoms with Crippen molar-refractivity contribution in [2.45, 2.75) is 20.4 Å². The zero-order valence-corrected chi connectivity index (χ0v) is 14.2. The molecule has 3 rings (SSSR count). The molecule has 23 heavy (non-hydrogen) atoms. The lowest BCUT2D eigenvalue weighted by atomic mass is 10.2. The van der Waals surface area contributed by atoms with Crippen molar-refractivity contribution in [2.75, 3.05) is 11.9 Å². The van der Waals surface area contributed by atoms with E-state index < -0.39 is 0 Å². The molecular formula is C15H15ClN4O2S. The number of hydrogen-bond donors (Lipinski definition) is 1. The number of aryl methyl sites for hydroxylation is 1. The van der Waals surface area contributed by atoms with E-state index in [9.17, 15) is 4.79 Å². The van der Waals surface area contributed by atoms with E-state index in [4.69, 9.17) is 16.3 Å². The lowest BCUT2D eigenvalue weighted by Crippen LogP contribution is -2.16. The van der Waals surface area contributed by atoms with Crippen molar-refractivity contribution in [3.05, 3.63) is 50.3 Å². The van der Waals surface area contributed by atoms with E-state index in [1.54, 1.807) is 6.07 Å². The molecule has 0 atom stereocenters. The van der Waals surface area contributed by atoms with Gasteiger partial charge in [0, 0.05) is 6.07 Å². The number of ether oxygens (including phenoxy) is 1. The second kappa shape index (κ2) is 6.55. The maximum absolute atomic E-state index is 12.0. The predicted octanol–water partition coefficient (Wildman–Crippen LogP) is 3.12. The molecule has 0 unspecified atom stereocenters. The number of rotatable bonds is 5. The fourth-order valence-corrected chi connectivity index (χ4v) is 3.16. The molecule has 8 heteroatoms. The summed E-state index contributed by atoms with van der Waals surface area (Å²) >= 11 is 7.54. The zero-order chi connectivity index (χ0) is 16.4. The van der Waals surface area contributed by atoms with Crippen molar-refractivity contribution in [1.82, 2.24) is 14.6 Å². The molecule has 0 amide bonds. The molecule has 0 aliphatic heterocycles. The van der Waals surface area contributed by atoms with E-state index >= 15 is 0 Å². The number of nitrogens with zero attached hydrogens (tertiary/aromatic N) is 3. The van der Waals surface area contributed by atoms with Crippen LogP contribution in [0.4, 0.5) is 5.69 Å². The molecule has 120 valence electrons. The van der Waals surface area contributed by atoms with Gasteiger partial charge in [-0.1, -0.05) is 29.0 Å². The molecule has 6 nitrogen and oxygen atoms in total. The SMILES string of the molecule is CCOc1c(Cl)cccc1NCc1cc(=O)n2nc(C)sc2n1. The van der Waals surface area contributed by atoms with E-state index in [1.807, 2.05) is 26.0 Å². The van der Waals surface area contributed by atoms with Gasteiger partial charge in [0.1, 0.15) is 5.01 Å². The van der Waals surface area contributed by atoms with Gasteiger partial charge in [0.2, 0.25) is 4.96 Å². The van der Waals surface area contributed by atoms with E-state index in [-0.39, 0.29) is 5.56 Å². The van der Waals surface area contributed by atoms with Gasteiger partial charge in [-0.3, -0.25) is 4.79 Å². The summed E-state index contributed by atoms with van der Waals surface area (Å²) in [5, 5.41) is 8.68. The topological polar surface area (TPSA) is 68.5 Å². The van der Waals surface area contributed by atoms with Crippen molar-refractivity contribution in [3.8, 4) is 5.75 Å². The summed E-state index contributed by atoms with van der Waals surface area (Å²) in [6.07, 6.45) is 0. The molecule has 1 N–H and O–H groups in total. The molecule has 2 aromatic heterocycles. The average molecular weight is 351 g/mol. The minimum Gasteiger partial charge on any atom is -0.490 e. The number of benzene rings is 1. The first kappa shape index (κ1) is 15.8. The molecule has 1 aromatic carbocycles. The van der Waals surface area contributed by atoms with Crippen LogP contribution in [0.3, 0.4) is 0 Å². The molecule has 0 bridgehead atoms. The van der Waals surface area contributed by atoms with Gasteiger partial charge in [-0.25, -0.2) is 4.98 Å². The second-order valence-corrected chi connectivity index (χ2v) is 6.37. The molecule has 0 saturated heterocycles. The van der Waals surface area contributed by atoms with Crippen molar-refractivity contribution in [1.29, 1.82) is 0 Å². The summed E-state index contributed by atoms with van der Waals surface area (Å²) in [6, 6.07) is 6.96. The largest absolute Gasteiger partial charge is 0.490 e. The standard InChI is InChI=1S/C15H15ClN4O2S/c1-3-22-14-11(16)5-4-6-12(14)17-8-10-7-13(21)20-15(18-10)23-9(2)19-20/h4-7,17H,3,8H2,1-2H3. The highest BCUT2D eigenvalue weighted by atomic mass is 35.5. The maximum atomic E-state index is 12.0. The molecule has 0 spiro atoms. The normalized spacial score (nSPS) is 10.9. The Hall–Kier alpha value is -2.12. The van der Waals surface area contributed by atoms with Gasteiger partial charge in [-0.15, -0.1) is 0 Å². The van der Waals surface area contributed by atoms with Crippen molar-refractivity contribution in [2.24, 2.45) is 0 Å². The van der Waals surface area contributed by atoms with Gasteiger partial charge in [0.25, 0.3) is 5.56 Å². The number of anilines is 1. The van der Waals surface area contributed by atoms with Crippen LogP contribution in [0.15, 0.2) is 29.1 Å². The maximum Gasteiger partial charge on any atom is 0.275 e. The predicted molar refractivity (Wildman–Crippen MR) is 91.8 cm³/mol. The third-order valence-electron chi connectivity index (χ3n) is 3.11. The van der Waals surface area contributed by atoms with E-state index in [0.717, 1.165) is 10.7 Å². The van der Waals surface area contributed by atoms with Gasteiger partial charge >= 0.3 is 0 Å². The Morgan fingerprint density at radius 3 is 3.04 bits per heavy atom. The minimum absolute atomic E-state index is 0.188. The summed E-state index contributed by atoms with van der Waals surface area (Å²) < 4.78 is 6.88. The lowest BCUT2D eigenvalue weighted by molar-refractivity contribution is 0.342. The first-order valence-electron chi connectivity index (χ1n) is 7.10. The Bertz CT molecular complexity index is 906. The third-order valence-corrected chi connectivity index (χ3v) is 4.24. The van der Waals surface area contributed by atoms with Crippen molar-refractivity contribution >= 4 is 33.6 Å². The van der Waals surface area contributed by atoms with Crippen LogP contribution in [-0.2, 0) is 6.54 Å². The second-order valence-electron chi connectivity index (χ2n) is 4.80. The number of hydrogen-bond acceptors (Lipinski definition) is 6. The van der Waals surface area contributed by atoms with Gasteiger partial charge in [-0.2, -0.15) is 9.61 Å². The van der Waals surface area contributed by atoms with E-state index in [1.165, 1.54) is 21.9 Å². The van der Waals surface area contributed by atoms with Crippen LogP contribution < -0.4 is 15.6 Å². The summed E-state index contributed by atoms with van der Waals surface area (Å²) in [5.74, 6) is 0.600. The number of fused-ring (bicyclic) bond motifs is 1. The first-order chi connectivity index (χ1) is 11.1. The number of aromatic nitrogens is 3. The van der Waals surface area contributed by atoms with E-state index in [2.05, 4.69) is 15.4 Å². The summed E-state index contributed by atoms with van der Waals surface area (Å²) in [4.78, 5) is 17.1. The smallest absolute Gasteiger partial charge is 0.275 e. The molecule has 0 saturated carbocycles. The van der Waals surface area contributed by atoms with Crippen molar-refractivity contribution < 1.29 is 4.74 Å². The fourth-order valence-electron chi connectivity index (χ4n) is 2.17. The Morgan fingerprint density at radius 1 is 1.43 bits per heavy atom. The molecule has 3 aromatic rings. The molecule has 0 fully saturated rings. The quantitative estimate of drug-likeness (QED) is 0.765. The van der Waals surface area contributed by atoms with Gasteiger partial charge < -0.3 is 10.1 Å². The van der Waals surface area contributed by atoms with Crippen LogP contribution in [0.5, 0.6) is 5.75 Å². The average Bonchev–Trinajstić information content (AvgIpc) is 2.89. The monoisotopic (exact) mass is 350 g/mol. The number of nitrogens with one attached hydrogen (secondary N) is 1. The molecular weight excluding hydrogens is 336 g/mol. The highest BCUT2D eigenvalue weighted by molar-refractivity contribution is 7.16. The first-order valence-corrected chi connectivity index (χ1v) is 8.29. The highest BCUT2D eigenvalue weighted by Crippen LogP contribution is 2.33. The van der Waals surface area contributed by atoms with Crippen LogP contribution in [0, 0.1) is 6.92 Å². The zero-order valence-electron chi connectivity index (χ0n) is 12.7. The third kappa shape index (κ3) is 3.30. The highest BCUT2D eigenvalue weighted by Gasteiger charge is 2.10. The summed E-state index contributed by atoms with van der Waals surface area (Å²) in [6.45, 7) is 4.65. The molecule has 0 radical (unpaired) electrons. The number of halogens is 1. The Morgan fingerprint density at radius 2 is 2.26 bits per heavy atom. The Kier molecular flexibility index (Phi) is 4.49. The summed E-state index contributed by atoms with van der Waals surface area (Å²) in [5.41, 5.74) is 1.22. The van der Waals surface area contributed by atoms with Gasteiger partial charge in [0.15, 0.2) is 5.75 Å². The van der Waals surface area contributed by atoms with Crippen molar-refractivity contribution in [3.63, 3.8) is 0 Å². The van der Waals surface area contributed by atoms with Crippen LogP contribution in [-0.4, -0.2) is 21.2 Å². The number of para-hydroxylation sites is 1. The summed E-state index contributed by atoms with van der Waals surface area (Å²) in [7, 11) is 0. The van der Waals surface area contributed by atoms with Crippen LogP contribution >= 0.6 is 22.9 Å². The van der Waals surface area contributed by atoms with Crippen LogP contribution in [0.25, 0.3) is 4.96 Å². The molecule has 2 heterocycles. The fraction of sp³-hybridized carbons (Fsp3) is 0.267. The van der Waals surface area contributed by atoms with Crippen LogP contribution in [0.2, 0.25) is 5.02 Å². The van der Waals surface area contributed by atoms with E-state index in [0.29, 0.717) is 34.6 Å². The Balaban J connectivity index is 1.86. The van der Waals surface area contributed by atoms with Gasteiger partial charge in [-0.05, 0) is 26.0 Å². The lowest BCUT2D eigenvalue weighted by Gasteiger charge is -2.13. The molecule has 0 aliphatic carbocycles. The minimum atomic E-state index is -0.188. The molecule has 0 aliphatic rings.